The van der Waals surface area contributed by atoms with Crippen molar-refractivity contribution in [2.24, 2.45) is 0 Å². The van der Waals surface area contributed by atoms with Gasteiger partial charge in [-0.15, -0.1) is 0 Å². The number of esters is 1. The number of ether oxygens (including phenoxy) is 4. The van der Waals surface area contributed by atoms with Crippen LogP contribution in [0.15, 0.2) is 18.5 Å². The molecule has 2 heterocycles. The molecule has 322 valence electrons. The van der Waals surface area contributed by atoms with Crippen molar-refractivity contribution in [1.29, 1.82) is 0 Å². The first kappa shape index (κ1) is 49.8. The number of carbonyl (C=O) groups excluding carboxylic acids is 3. The van der Waals surface area contributed by atoms with Crippen LogP contribution in [0.4, 0.5) is 15.3 Å². The summed E-state index contributed by atoms with van der Waals surface area (Å²) in [5.41, 5.74) is 0.671. The van der Waals surface area contributed by atoms with Crippen LogP contribution in [0.3, 0.4) is 0 Å². The number of pyridine rings is 1. The number of hydrogen-bond donors (Lipinski definition) is 0. The molecule has 0 saturated carbocycles. The van der Waals surface area contributed by atoms with Crippen molar-refractivity contribution in [2.45, 2.75) is 220 Å². The van der Waals surface area contributed by atoms with Gasteiger partial charge in [0.15, 0.2) is 0 Å². The third kappa shape index (κ3) is 12.1. The molecule has 1 aromatic rings. The van der Waals surface area contributed by atoms with E-state index in [9.17, 15) is 14.4 Å². The Morgan fingerprint density at radius 3 is 1.62 bits per heavy atom. The maximum atomic E-state index is 14.0. The van der Waals surface area contributed by atoms with Gasteiger partial charge in [0, 0.05) is 24.6 Å². The Balaban J connectivity index is 3.00. The van der Waals surface area contributed by atoms with E-state index in [1.54, 1.807) is 60.7 Å². The van der Waals surface area contributed by atoms with Crippen molar-refractivity contribution >= 4 is 40.5 Å². The summed E-state index contributed by atoms with van der Waals surface area (Å²) >= 11 is 0. The average Bonchev–Trinajstić information content (AvgIpc) is 3.03. The van der Waals surface area contributed by atoms with Gasteiger partial charge in [-0.3, -0.25) is 9.78 Å². The minimum atomic E-state index is -2.54. The molecular formula is C43H78N2O9Si2. The van der Waals surface area contributed by atoms with Gasteiger partial charge in [0.1, 0.15) is 11.2 Å². The summed E-state index contributed by atoms with van der Waals surface area (Å²) in [5.74, 6) is -0.310. The summed E-state index contributed by atoms with van der Waals surface area (Å²) < 4.78 is 39.6. The Labute approximate surface area is 341 Å². The molecular weight excluding hydrogens is 745 g/mol. The van der Waals surface area contributed by atoms with Gasteiger partial charge in [-0.1, -0.05) is 83.1 Å². The van der Waals surface area contributed by atoms with Crippen LogP contribution in [0.2, 0.25) is 33.2 Å². The Kier molecular flexibility index (Phi) is 17.9. The van der Waals surface area contributed by atoms with Crippen LogP contribution < -0.4 is 4.90 Å². The predicted octanol–water partition coefficient (Wildman–Crippen LogP) is 12.1. The molecule has 0 aromatic carbocycles. The molecule has 1 aliphatic rings. The fourth-order valence-electron chi connectivity index (χ4n) is 9.18. The van der Waals surface area contributed by atoms with Crippen molar-refractivity contribution in [3.63, 3.8) is 0 Å². The Morgan fingerprint density at radius 2 is 1.21 bits per heavy atom. The lowest BCUT2D eigenvalue weighted by atomic mass is 9.91. The van der Waals surface area contributed by atoms with Gasteiger partial charge < -0.3 is 27.8 Å². The second-order valence-electron chi connectivity index (χ2n) is 19.3. The molecule has 1 aromatic heterocycles. The van der Waals surface area contributed by atoms with Crippen LogP contribution in [0.5, 0.6) is 0 Å². The van der Waals surface area contributed by atoms with Crippen molar-refractivity contribution in [2.75, 3.05) is 11.5 Å². The normalized spacial score (nSPS) is 20.0. The van der Waals surface area contributed by atoms with Crippen LogP contribution >= 0.6 is 0 Å². The molecule has 0 radical (unpaired) electrons. The second-order valence-corrected chi connectivity index (χ2v) is 30.2. The standard InChI is InChI=1S/C43H78N2O9Si2/c1-20-49-38(46)22-21-35-39(54-56(30(8)9,31(10)11)32(12)13)37(53-55(27(2)3,28(4)5)29(6)7)25-36(50-35)33-23-24-44-26-34(33)45(40(47)51-42(14,15)16)41(48)52-43(17,18)19/h23-24,26-32,35-37,39H,20-22,25H2,1-19H3. The van der Waals surface area contributed by atoms with E-state index in [1.807, 2.05) is 0 Å². The minimum Gasteiger partial charge on any atom is -0.466 e. The fourth-order valence-corrected chi connectivity index (χ4v) is 20.3. The minimum absolute atomic E-state index is 0.129. The number of anilines is 1. The van der Waals surface area contributed by atoms with Crippen LogP contribution in [-0.2, 0) is 32.6 Å². The molecule has 0 bridgehead atoms. The maximum Gasteiger partial charge on any atom is 0.424 e. The molecule has 4 atom stereocenters. The van der Waals surface area contributed by atoms with E-state index in [2.05, 4.69) is 88.1 Å². The SMILES string of the molecule is CCOC(=O)CCC1OC(c2ccncc2N(C(=O)OC(C)(C)C)C(=O)OC(C)(C)C)CC(O[Si](C(C)C)(C(C)C)C(C)C)C1O[Si](C(C)C)(C(C)C)C(C)C. The summed E-state index contributed by atoms with van der Waals surface area (Å²) in [6.45, 7) is 39.8. The molecule has 1 aliphatic heterocycles. The van der Waals surface area contributed by atoms with Crippen LogP contribution in [0, 0.1) is 0 Å². The first-order chi connectivity index (χ1) is 25.7. The highest BCUT2D eigenvalue weighted by Crippen LogP contribution is 2.50. The van der Waals surface area contributed by atoms with Gasteiger partial charge in [0.05, 0.1) is 42.9 Å². The molecule has 11 nitrogen and oxygen atoms in total. The van der Waals surface area contributed by atoms with E-state index in [0.29, 0.717) is 18.4 Å². The van der Waals surface area contributed by atoms with E-state index in [-0.39, 0.29) is 57.9 Å². The lowest BCUT2D eigenvalue weighted by molar-refractivity contribution is -0.168. The number of rotatable bonds is 16. The number of nitrogens with zero attached hydrogens (tertiary/aromatic N) is 2. The first-order valence-electron chi connectivity index (χ1n) is 21.0. The first-order valence-corrected chi connectivity index (χ1v) is 25.3. The van der Waals surface area contributed by atoms with Crippen LogP contribution in [-0.4, -0.2) is 75.9 Å². The third-order valence-corrected chi connectivity index (χ3v) is 23.4. The zero-order valence-corrected chi connectivity index (χ0v) is 40.4. The average molecular weight is 823 g/mol. The van der Waals surface area contributed by atoms with Crippen molar-refractivity contribution in [3.05, 3.63) is 24.0 Å². The van der Waals surface area contributed by atoms with Crippen molar-refractivity contribution in [3.8, 4) is 0 Å². The van der Waals surface area contributed by atoms with E-state index < -0.39 is 64.4 Å². The molecule has 2 amide bonds. The van der Waals surface area contributed by atoms with Gasteiger partial charge in [-0.2, -0.15) is 4.90 Å². The summed E-state index contributed by atoms with van der Waals surface area (Å²) in [6.07, 6.45) is -0.0124. The Hall–Kier alpha value is -2.33. The molecule has 2 rings (SSSR count). The predicted molar refractivity (Wildman–Crippen MR) is 229 cm³/mol. The van der Waals surface area contributed by atoms with Gasteiger partial charge in [-0.25, -0.2) is 9.59 Å². The van der Waals surface area contributed by atoms with Crippen LogP contribution in [0.25, 0.3) is 0 Å². The van der Waals surface area contributed by atoms with Gasteiger partial charge >= 0.3 is 18.2 Å². The number of aromatic nitrogens is 1. The monoisotopic (exact) mass is 823 g/mol. The topological polar surface area (TPSA) is 123 Å². The van der Waals surface area contributed by atoms with Crippen LogP contribution in [0.1, 0.15) is 162 Å². The molecule has 56 heavy (non-hydrogen) atoms. The summed E-state index contributed by atoms with van der Waals surface area (Å²) in [6, 6.07) is 1.77. The lowest BCUT2D eigenvalue weighted by Crippen LogP contribution is -2.61. The number of carbonyl (C=O) groups is 3. The molecule has 0 aliphatic carbocycles. The number of amides is 2. The van der Waals surface area contributed by atoms with Gasteiger partial charge in [0.2, 0.25) is 16.6 Å². The highest BCUT2D eigenvalue weighted by molar-refractivity contribution is 6.78. The fraction of sp³-hybridized carbons (Fsp3) is 0.814. The van der Waals surface area contributed by atoms with E-state index >= 15 is 0 Å². The lowest BCUT2D eigenvalue weighted by Gasteiger charge is -2.53. The zero-order chi connectivity index (χ0) is 43.1. The Morgan fingerprint density at radius 1 is 0.768 bits per heavy atom. The summed E-state index contributed by atoms with van der Waals surface area (Å²) in [7, 11) is -5.07. The molecule has 1 saturated heterocycles. The number of imide groups is 1. The smallest absolute Gasteiger partial charge is 0.424 e. The summed E-state index contributed by atoms with van der Waals surface area (Å²) in [4.78, 5) is 46.2. The zero-order valence-electron chi connectivity index (χ0n) is 38.4. The maximum absolute atomic E-state index is 14.0. The highest BCUT2D eigenvalue weighted by Gasteiger charge is 2.55. The molecule has 0 N–H and O–H groups in total. The van der Waals surface area contributed by atoms with E-state index in [1.165, 1.54) is 6.20 Å². The molecule has 13 heteroatoms. The van der Waals surface area contributed by atoms with Gasteiger partial charge in [0.25, 0.3) is 0 Å². The molecule has 4 unspecified atom stereocenters. The summed E-state index contributed by atoms with van der Waals surface area (Å²) in [5, 5.41) is 0. The molecule has 1 fully saturated rings. The highest BCUT2D eigenvalue weighted by atomic mass is 28.4. The second kappa shape index (κ2) is 20.1. The van der Waals surface area contributed by atoms with Crippen molar-refractivity contribution in [1.82, 2.24) is 4.98 Å². The molecule has 0 spiro atoms. The third-order valence-electron chi connectivity index (χ3n) is 11.1. The number of hydrogen-bond acceptors (Lipinski definition) is 10. The van der Waals surface area contributed by atoms with Crippen molar-refractivity contribution < 1.29 is 42.2 Å². The quantitative estimate of drug-likeness (QED) is 0.0904. The van der Waals surface area contributed by atoms with E-state index in [4.69, 9.17) is 27.8 Å². The Bertz CT molecular complexity index is 1360. The van der Waals surface area contributed by atoms with E-state index in [0.717, 1.165) is 4.90 Å². The largest absolute Gasteiger partial charge is 0.466 e. The van der Waals surface area contributed by atoms with Gasteiger partial charge in [-0.05, 0) is 94.2 Å².